The first kappa shape index (κ1) is 13.0. The Morgan fingerprint density at radius 2 is 2.13 bits per heavy atom. The predicted octanol–water partition coefficient (Wildman–Crippen LogP) is 2.48. The van der Waals surface area contributed by atoms with Crippen molar-refractivity contribution in [3.05, 3.63) is 0 Å². The molecule has 2 nitrogen and oxygen atoms in total. The van der Waals surface area contributed by atoms with Crippen molar-refractivity contribution >= 4 is 0 Å². The lowest BCUT2D eigenvalue weighted by atomic mass is 9.84. The largest absolute Gasteiger partial charge is 0.327 e. The highest BCUT2D eigenvalue weighted by molar-refractivity contribution is 4.93. The summed E-state index contributed by atoms with van der Waals surface area (Å²) in [4.78, 5) is 2.57. The summed E-state index contributed by atoms with van der Waals surface area (Å²) in [6.07, 6.45) is 3.84. The van der Waals surface area contributed by atoms with Crippen molar-refractivity contribution in [3.63, 3.8) is 0 Å². The molecule has 2 N–H and O–H groups in total. The summed E-state index contributed by atoms with van der Waals surface area (Å²) in [6, 6.07) is 0.415. The zero-order chi connectivity index (χ0) is 11.5. The summed E-state index contributed by atoms with van der Waals surface area (Å²) in [6.45, 7) is 12.8. The predicted molar refractivity (Wildman–Crippen MR) is 66.9 cm³/mol. The molecule has 1 aliphatic carbocycles. The highest BCUT2D eigenvalue weighted by atomic mass is 15.1. The molecule has 1 fully saturated rings. The first-order chi connectivity index (χ1) is 6.98. The molecule has 0 bridgehead atoms. The van der Waals surface area contributed by atoms with Crippen molar-refractivity contribution in [2.45, 2.75) is 53.0 Å². The van der Waals surface area contributed by atoms with Gasteiger partial charge >= 0.3 is 0 Å². The van der Waals surface area contributed by atoms with Crippen LogP contribution >= 0.6 is 0 Å². The van der Waals surface area contributed by atoms with Crippen molar-refractivity contribution in [1.29, 1.82) is 0 Å². The monoisotopic (exact) mass is 212 g/mol. The fourth-order valence-corrected chi connectivity index (χ4v) is 2.79. The van der Waals surface area contributed by atoms with Gasteiger partial charge in [0.25, 0.3) is 0 Å². The fourth-order valence-electron chi connectivity index (χ4n) is 2.79. The molecule has 0 aromatic rings. The van der Waals surface area contributed by atoms with E-state index in [1.165, 1.54) is 32.4 Å². The lowest BCUT2D eigenvalue weighted by molar-refractivity contribution is 0.146. The Labute approximate surface area is 95.2 Å². The number of hydrogen-bond donors (Lipinski definition) is 1. The fraction of sp³-hybridized carbons (Fsp3) is 1.00. The SMILES string of the molecule is CCN(CC(C)C)CC1(C)CCCC1N. The zero-order valence-electron chi connectivity index (χ0n) is 10.9. The Morgan fingerprint density at radius 1 is 1.47 bits per heavy atom. The molecule has 1 saturated carbocycles. The van der Waals surface area contributed by atoms with E-state index in [-0.39, 0.29) is 0 Å². The van der Waals surface area contributed by atoms with Gasteiger partial charge in [-0.25, -0.2) is 0 Å². The van der Waals surface area contributed by atoms with Crippen molar-refractivity contribution < 1.29 is 0 Å². The van der Waals surface area contributed by atoms with Gasteiger partial charge in [0, 0.05) is 19.1 Å². The zero-order valence-corrected chi connectivity index (χ0v) is 10.9. The Bertz CT molecular complexity index is 191. The van der Waals surface area contributed by atoms with Crippen LogP contribution in [0.2, 0.25) is 0 Å². The van der Waals surface area contributed by atoms with E-state index in [0.717, 1.165) is 12.5 Å². The maximum absolute atomic E-state index is 6.22. The van der Waals surface area contributed by atoms with Crippen LogP contribution in [0.3, 0.4) is 0 Å². The summed E-state index contributed by atoms with van der Waals surface area (Å²) in [5.41, 5.74) is 6.59. The average Bonchev–Trinajstić information content (AvgIpc) is 2.45. The minimum Gasteiger partial charge on any atom is -0.327 e. The minimum absolute atomic E-state index is 0.366. The molecular formula is C13H28N2. The second-order valence-corrected chi connectivity index (χ2v) is 5.87. The third-order valence-corrected chi connectivity index (χ3v) is 3.81. The molecule has 2 atom stereocenters. The molecule has 0 spiro atoms. The van der Waals surface area contributed by atoms with E-state index in [9.17, 15) is 0 Å². The Morgan fingerprint density at radius 3 is 2.53 bits per heavy atom. The number of nitrogens with two attached hydrogens (primary N) is 1. The summed E-state index contributed by atoms with van der Waals surface area (Å²) in [5.74, 6) is 0.756. The second kappa shape index (κ2) is 5.31. The molecular weight excluding hydrogens is 184 g/mol. The molecule has 0 radical (unpaired) electrons. The maximum Gasteiger partial charge on any atom is 0.0105 e. The first-order valence-electron chi connectivity index (χ1n) is 6.46. The first-order valence-corrected chi connectivity index (χ1v) is 6.46. The average molecular weight is 212 g/mol. The van der Waals surface area contributed by atoms with Crippen LogP contribution in [0.15, 0.2) is 0 Å². The molecule has 2 unspecified atom stereocenters. The molecule has 0 aromatic heterocycles. The topological polar surface area (TPSA) is 29.3 Å². The molecule has 0 aliphatic heterocycles. The van der Waals surface area contributed by atoms with E-state index in [1.54, 1.807) is 0 Å². The normalized spacial score (nSPS) is 31.8. The lowest BCUT2D eigenvalue weighted by Crippen LogP contribution is -2.45. The van der Waals surface area contributed by atoms with E-state index in [2.05, 4.69) is 32.6 Å². The Kier molecular flexibility index (Phi) is 4.60. The molecule has 1 aliphatic rings. The van der Waals surface area contributed by atoms with Crippen LogP contribution in [0.25, 0.3) is 0 Å². The molecule has 0 amide bonds. The van der Waals surface area contributed by atoms with E-state index >= 15 is 0 Å². The van der Waals surface area contributed by atoms with Gasteiger partial charge in [0.15, 0.2) is 0 Å². The third-order valence-electron chi connectivity index (χ3n) is 3.81. The van der Waals surface area contributed by atoms with Gasteiger partial charge in [-0.15, -0.1) is 0 Å². The molecule has 0 saturated heterocycles. The van der Waals surface area contributed by atoms with E-state index in [4.69, 9.17) is 5.73 Å². The van der Waals surface area contributed by atoms with Crippen LogP contribution in [-0.2, 0) is 0 Å². The van der Waals surface area contributed by atoms with E-state index in [1.807, 2.05) is 0 Å². The van der Waals surface area contributed by atoms with Gasteiger partial charge < -0.3 is 10.6 Å². The van der Waals surface area contributed by atoms with Crippen LogP contribution in [0, 0.1) is 11.3 Å². The quantitative estimate of drug-likeness (QED) is 0.758. The van der Waals surface area contributed by atoms with Crippen molar-refractivity contribution in [3.8, 4) is 0 Å². The minimum atomic E-state index is 0.366. The van der Waals surface area contributed by atoms with Crippen LogP contribution in [0.1, 0.15) is 47.0 Å². The van der Waals surface area contributed by atoms with Gasteiger partial charge in [-0.05, 0) is 30.7 Å². The summed E-state index contributed by atoms with van der Waals surface area (Å²) >= 11 is 0. The third kappa shape index (κ3) is 3.46. The van der Waals surface area contributed by atoms with Gasteiger partial charge in [-0.1, -0.05) is 34.1 Å². The van der Waals surface area contributed by atoms with Crippen LogP contribution in [0.4, 0.5) is 0 Å². The highest BCUT2D eigenvalue weighted by Gasteiger charge is 2.37. The van der Waals surface area contributed by atoms with Gasteiger partial charge in [0.05, 0.1) is 0 Å². The van der Waals surface area contributed by atoms with Gasteiger partial charge in [-0.2, -0.15) is 0 Å². The standard InChI is InChI=1S/C13H28N2/c1-5-15(9-11(2)3)10-13(4)8-6-7-12(13)14/h11-12H,5-10,14H2,1-4H3. The molecule has 2 heteroatoms. The number of rotatable bonds is 5. The molecule has 0 aromatic carbocycles. The second-order valence-electron chi connectivity index (χ2n) is 5.87. The van der Waals surface area contributed by atoms with Crippen molar-refractivity contribution in [2.75, 3.05) is 19.6 Å². The van der Waals surface area contributed by atoms with E-state index in [0.29, 0.717) is 11.5 Å². The van der Waals surface area contributed by atoms with Crippen LogP contribution in [-0.4, -0.2) is 30.6 Å². The number of nitrogens with zero attached hydrogens (tertiary/aromatic N) is 1. The van der Waals surface area contributed by atoms with Gasteiger partial charge in [0.1, 0.15) is 0 Å². The molecule has 15 heavy (non-hydrogen) atoms. The van der Waals surface area contributed by atoms with Gasteiger partial charge in [-0.3, -0.25) is 0 Å². The maximum atomic E-state index is 6.22. The molecule has 0 heterocycles. The van der Waals surface area contributed by atoms with E-state index < -0.39 is 0 Å². The van der Waals surface area contributed by atoms with Crippen molar-refractivity contribution in [2.24, 2.45) is 17.1 Å². The Hall–Kier alpha value is -0.0800. The van der Waals surface area contributed by atoms with Crippen LogP contribution in [0.5, 0.6) is 0 Å². The molecule has 1 rings (SSSR count). The Balaban J connectivity index is 2.50. The lowest BCUT2D eigenvalue weighted by Gasteiger charge is -2.35. The van der Waals surface area contributed by atoms with Crippen molar-refractivity contribution in [1.82, 2.24) is 4.90 Å². The number of hydrogen-bond acceptors (Lipinski definition) is 2. The summed E-state index contributed by atoms with van der Waals surface area (Å²) in [5, 5.41) is 0. The summed E-state index contributed by atoms with van der Waals surface area (Å²) < 4.78 is 0. The highest BCUT2D eigenvalue weighted by Crippen LogP contribution is 2.37. The van der Waals surface area contributed by atoms with Crippen LogP contribution < -0.4 is 5.73 Å². The smallest absolute Gasteiger partial charge is 0.0105 e. The molecule has 90 valence electrons. The summed E-state index contributed by atoms with van der Waals surface area (Å²) in [7, 11) is 0. The van der Waals surface area contributed by atoms with Gasteiger partial charge in [0.2, 0.25) is 0 Å².